The van der Waals surface area contributed by atoms with Crippen molar-refractivity contribution >= 4 is 5.69 Å². The van der Waals surface area contributed by atoms with E-state index < -0.39 is 6.10 Å². The molecule has 0 spiro atoms. The molecule has 1 unspecified atom stereocenters. The summed E-state index contributed by atoms with van der Waals surface area (Å²) in [5, 5.41) is 14.1. The van der Waals surface area contributed by atoms with Gasteiger partial charge in [-0.3, -0.25) is 4.68 Å². The van der Waals surface area contributed by atoms with Crippen molar-refractivity contribution in [2.45, 2.75) is 12.5 Å². The summed E-state index contributed by atoms with van der Waals surface area (Å²) in [6.45, 7) is 0. The molecule has 1 atom stereocenters. The lowest BCUT2D eigenvalue weighted by Gasteiger charge is -2.10. The first-order chi connectivity index (χ1) is 7.65. The molecule has 84 valence electrons. The van der Waals surface area contributed by atoms with Gasteiger partial charge in [0, 0.05) is 25.4 Å². The summed E-state index contributed by atoms with van der Waals surface area (Å²) in [7, 11) is 1.86. The fourth-order valence-electron chi connectivity index (χ4n) is 1.68. The van der Waals surface area contributed by atoms with Gasteiger partial charge in [-0.1, -0.05) is 12.1 Å². The summed E-state index contributed by atoms with van der Waals surface area (Å²) in [6, 6.07) is 7.32. The van der Waals surface area contributed by atoms with Gasteiger partial charge < -0.3 is 10.8 Å². The minimum atomic E-state index is -0.535. The third-order valence-corrected chi connectivity index (χ3v) is 2.48. The highest BCUT2D eigenvalue weighted by Crippen LogP contribution is 2.19. The number of aryl methyl sites for hydroxylation is 1. The van der Waals surface area contributed by atoms with Crippen LogP contribution >= 0.6 is 0 Å². The second-order valence-corrected chi connectivity index (χ2v) is 3.91. The molecule has 0 fully saturated rings. The molecule has 0 bridgehead atoms. The van der Waals surface area contributed by atoms with Crippen LogP contribution in [0.15, 0.2) is 36.7 Å². The highest BCUT2D eigenvalue weighted by molar-refractivity contribution is 5.41. The van der Waals surface area contributed by atoms with Crippen LogP contribution in [0.5, 0.6) is 0 Å². The van der Waals surface area contributed by atoms with Crippen LogP contribution in [0, 0.1) is 0 Å². The first kappa shape index (κ1) is 10.7. The number of aliphatic hydroxyl groups excluding tert-OH is 1. The van der Waals surface area contributed by atoms with Crippen molar-refractivity contribution in [1.82, 2.24) is 9.78 Å². The van der Waals surface area contributed by atoms with Crippen LogP contribution in [0.25, 0.3) is 0 Å². The van der Waals surface area contributed by atoms with E-state index >= 15 is 0 Å². The largest absolute Gasteiger partial charge is 0.399 e. The molecular weight excluding hydrogens is 202 g/mol. The van der Waals surface area contributed by atoms with Crippen molar-refractivity contribution < 1.29 is 5.11 Å². The standard InChI is InChI=1S/C12H15N3O/c1-15-8-9(7-14-15)5-12(16)10-3-2-4-11(13)6-10/h2-4,6-8,12,16H,5,13H2,1H3. The molecule has 16 heavy (non-hydrogen) atoms. The molecule has 0 amide bonds. The van der Waals surface area contributed by atoms with E-state index in [1.807, 2.05) is 25.4 Å². The van der Waals surface area contributed by atoms with E-state index in [2.05, 4.69) is 5.10 Å². The predicted octanol–water partition coefficient (Wildman–Crippen LogP) is 1.28. The summed E-state index contributed by atoms with van der Waals surface area (Å²) < 4.78 is 1.72. The van der Waals surface area contributed by atoms with Crippen LogP contribution < -0.4 is 5.73 Å². The summed E-state index contributed by atoms with van der Waals surface area (Å²) >= 11 is 0. The third-order valence-electron chi connectivity index (χ3n) is 2.48. The Morgan fingerprint density at radius 3 is 2.94 bits per heavy atom. The Hall–Kier alpha value is -1.81. The van der Waals surface area contributed by atoms with Gasteiger partial charge in [0.15, 0.2) is 0 Å². The topological polar surface area (TPSA) is 64.1 Å². The summed E-state index contributed by atoms with van der Waals surface area (Å²) in [5.41, 5.74) is 8.18. The van der Waals surface area contributed by atoms with E-state index in [-0.39, 0.29) is 0 Å². The van der Waals surface area contributed by atoms with Crippen LogP contribution in [0.4, 0.5) is 5.69 Å². The first-order valence-electron chi connectivity index (χ1n) is 5.16. The van der Waals surface area contributed by atoms with E-state index in [4.69, 9.17) is 5.73 Å². The predicted molar refractivity (Wildman–Crippen MR) is 62.7 cm³/mol. The zero-order valence-electron chi connectivity index (χ0n) is 9.17. The number of hydrogen-bond donors (Lipinski definition) is 2. The SMILES string of the molecule is Cn1cc(CC(O)c2cccc(N)c2)cn1. The highest BCUT2D eigenvalue weighted by Gasteiger charge is 2.09. The number of anilines is 1. The molecule has 0 saturated heterocycles. The molecule has 4 nitrogen and oxygen atoms in total. The smallest absolute Gasteiger partial charge is 0.0832 e. The number of aliphatic hydroxyl groups is 1. The van der Waals surface area contributed by atoms with E-state index in [1.165, 1.54) is 0 Å². The number of rotatable bonds is 3. The average molecular weight is 217 g/mol. The maximum atomic E-state index is 10.0. The Morgan fingerprint density at radius 2 is 2.31 bits per heavy atom. The number of nitrogens with two attached hydrogens (primary N) is 1. The Morgan fingerprint density at radius 1 is 1.50 bits per heavy atom. The maximum absolute atomic E-state index is 10.0. The number of nitrogens with zero attached hydrogens (tertiary/aromatic N) is 2. The molecular formula is C12H15N3O. The number of hydrogen-bond acceptors (Lipinski definition) is 3. The summed E-state index contributed by atoms with van der Waals surface area (Å²) in [6.07, 6.45) is 3.68. The van der Waals surface area contributed by atoms with Gasteiger partial charge in [0.25, 0.3) is 0 Å². The molecule has 1 aromatic carbocycles. The van der Waals surface area contributed by atoms with E-state index in [0.717, 1.165) is 11.1 Å². The van der Waals surface area contributed by atoms with E-state index in [9.17, 15) is 5.11 Å². The van der Waals surface area contributed by atoms with Crippen LogP contribution in [0.3, 0.4) is 0 Å². The van der Waals surface area contributed by atoms with E-state index in [0.29, 0.717) is 12.1 Å². The van der Waals surface area contributed by atoms with Crippen LogP contribution in [-0.4, -0.2) is 14.9 Å². The van der Waals surface area contributed by atoms with Crippen molar-refractivity contribution in [3.05, 3.63) is 47.8 Å². The lowest BCUT2D eigenvalue weighted by atomic mass is 10.0. The Balaban J connectivity index is 2.11. The van der Waals surface area contributed by atoms with Gasteiger partial charge in [0.05, 0.1) is 12.3 Å². The molecule has 0 aliphatic carbocycles. The fraction of sp³-hybridized carbons (Fsp3) is 0.250. The van der Waals surface area contributed by atoms with Crippen LogP contribution in [0.2, 0.25) is 0 Å². The lowest BCUT2D eigenvalue weighted by Crippen LogP contribution is -2.01. The van der Waals surface area contributed by atoms with Gasteiger partial charge in [0.1, 0.15) is 0 Å². The van der Waals surface area contributed by atoms with Crippen LogP contribution in [0.1, 0.15) is 17.2 Å². The quantitative estimate of drug-likeness (QED) is 0.761. The zero-order valence-corrected chi connectivity index (χ0v) is 9.17. The van der Waals surface area contributed by atoms with Crippen molar-refractivity contribution in [2.75, 3.05) is 5.73 Å². The summed E-state index contributed by atoms with van der Waals surface area (Å²) in [4.78, 5) is 0. The van der Waals surface area contributed by atoms with Gasteiger partial charge in [0.2, 0.25) is 0 Å². The second-order valence-electron chi connectivity index (χ2n) is 3.91. The van der Waals surface area contributed by atoms with Gasteiger partial charge >= 0.3 is 0 Å². The minimum absolute atomic E-state index is 0.535. The lowest BCUT2D eigenvalue weighted by molar-refractivity contribution is 0.178. The van der Waals surface area contributed by atoms with Crippen molar-refractivity contribution in [3.63, 3.8) is 0 Å². The normalized spacial score (nSPS) is 12.6. The van der Waals surface area contributed by atoms with Gasteiger partial charge in [-0.05, 0) is 23.3 Å². The Kier molecular flexibility index (Phi) is 2.92. The number of nitrogen functional groups attached to an aromatic ring is 1. The molecule has 0 radical (unpaired) electrons. The molecule has 4 heteroatoms. The average Bonchev–Trinajstić information content (AvgIpc) is 2.64. The number of benzene rings is 1. The maximum Gasteiger partial charge on any atom is 0.0832 e. The third kappa shape index (κ3) is 2.41. The first-order valence-corrected chi connectivity index (χ1v) is 5.16. The van der Waals surface area contributed by atoms with Crippen molar-refractivity contribution in [3.8, 4) is 0 Å². The molecule has 0 aliphatic heterocycles. The zero-order chi connectivity index (χ0) is 11.5. The minimum Gasteiger partial charge on any atom is -0.399 e. The second kappa shape index (κ2) is 4.37. The molecule has 2 aromatic rings. The fourth-order valence-corrected chi connectivity index (χ4v) is 1.68. The van der Waals surface area contributed by atoms with E-state index in [1.54, 1.807) is 23.0 Å². The van der Waals surface area contributed by atoms with Gasteiger partial charge in [-0.2, -0.15) is 5.10 Å². The molecule has 0 saturated carbocycles. The monoisotopic (exact) mass is 217 g/mol. The van der Waals surface area contributed by atoms with Gasteiger partial charge in [-0.25, -0.2) is 0 Å². The van der Waals surface area contributed by atoms with Crippen molar-refractivity contribution in [2.24, 2.45) is 7.05 Å². The molecule has 0 aliphatic rings. The summed E-state index contributed by atoms with van der Waals surface area (Å²) in [5.74, 6) is 0. The number of aromatic nitrogens is 2. The van der Waals surface area contributed by atoms with Crippen molar-refractivity contribution in [1.29, 1.82) is 0 Å². The molecule has 2 rings (SSSR count). The molecule has 3 N–H and O–H groups in total. The Bertz CT molecular complexity index is 479. The molecule has 1 heterocycles. The van der Waals surface area contributed by atoms with Gasteiger partial charge in [-0.15, -0.1) is 0 Å². The Labute approximate surface area is 94.3 Å². The molecule has 1 aromatic heterocycles. The highest BCUT2D eigenvalue weighted by atomic mass is 16.3. The van der Waals surface area contributed by atoms with Crippen LogP contribution in [-0.2, 0) is 13.5 Å².